The van der Waals surface area contributed by atoms with Crippen LogP contribution in [0.4, 0.5) is 0 Å². The predicted octanol–water partition coefficient (Wildman–Crippen LogP) is 1.68. The van der Waals surface area contributed by atoms with Crippen LogP contribution >= 0.6 is 0 Å². The van der Waals surface area contributed by atoms with E-state index in [1.165, 1.54) is 6.07 Å². The third-order valence-electron chi connectivity index (χ3n) is 5.16. The first-order valence-corrected chi connectivity index (χ1v) is 10.5. The maximum absolute atomic E-state index is 12.8. The Morgan fingerprint density at radius 2 is 1.92 bits per heavy atom. The molecule has 0 spiro atoms. The van der Waals surface area contributed by atoms with Crippen LogP contribution in [0.25, 0.3) is 0 Å². The summed E-state index contributed by atoms with van der Waals surface area (Å²) in [4.78, 5) is 17.1. The number of likely N-dealkylation sites (tertiary alicyclic amines) is 1. The molecule has 1 aliphatic carbocycles. The SMILES string of the molecule is CCN1CCC(N(C)C(=O)c2cccc(S(=O)(=O)NC3CC3)c2)CC1. The molecule has 0 atom stereocenters. The number of carbonyl (C=O) groups excluding carboxylic acids is 1. The molecule has 0 unspecified atom stereocenters. The highest BCUT2D eigenvalue weighted by Crippen LogP contribution is 2.23. The van der Waals surface area contributed by atoms with Crippen molar-refractivity contribution in [2.75, 3.05) is 26.7 Å². The van der Waals surface area contributed by atoms with Crippen molar-refractivity contribution in [2.45, 2.75) is 49.6 Å². The molecular formula is C18H27N3O3S. The second kappa shape index (κ2) is 7.43. The second-order valence-electron chi connectivity index (χ2n) is 7.00. The van der Waals surface area contributed by atoms with E-state index in [9.17, 15) is 13.2 Å². The highest BCUT2D eigenvalue weighted by Gasteiger charge is 2.29. The van der Waals surface area contributed by atoms with Gasteiger partial charge in [-0.05, 0) is 50.4 Å². The smallest absolute Gasteiger partial charge is 0.253 e. The lowest BCUT2D eigenvalue weighted by Crippen LogP contribution is -2.45. The van der Waals surface area contributed by atoms with Crippen molar-refractivity contribution in [1.29, 1.82) is 0 Å². The summed E-state index contributed by atoms with van der Waals surface area (Å²) in [6, 6.07) is 6.63. The average molecular weight is 365 g/mol. The largest absolute Gasteiger partial charge is 0.339 e. The monoisotopic (exact) mass is 365 g/mol. The van der Waals surface area contributed by atoms with Crippen molar-refractivity contribution in [1.82, 2.24) is 14.5 Å². The standard InChI is InChI=1S/C18H27N3O3S/c1-3-21-11-9-16(10-12-21)20(2)18(22)14-5-4-6-17(13-14)25(23,24)19-15-7-8-15/h4-6,13,15-16,19H,3,7-12H2,1-2H3. The Kier molecular flexibility index (Phi) is 5.46. The van der Waals surface area contributed by atoms with Crippen LogP contribution in [0.2, 0.25) is 0 Å². The van der Waals surface area contributed by atoms with E-state index in [4.69, 9.17) is 0 Å². The molecule has 1 saturated carbocycles. The Balaban J connectivity index is 1.70. The fraction of sp³-hybridized carbons (Fsp3) is 0.611. The van der Waals surface area contributed by atoms with E-state index in [1.54, 1.807) is 23.1 Å². The van der Waals surface area contributed by atoms with Gasteiger partial charge in [0.1, 0.15) is 0 Å². The van der Waals surface area contributed by atoms with Crippen LogP contribution in [0.15, 0.2) is 29.2 Å². The molecule has 6 nitrogen and oxygen atoms in total. The molecule has 1 saturated heterocycles. The average Bonchev–Trinajstić information content (AvgIpc) is 3.44. The molecule has 2 fully saturated rings. The van der Waals surface area contributed by atoms with Crippen molar-refractivity contribution in [3.05, 3.63) is 29.8 Å². The first-order chi connectivity index (χ1) is 11.9. The van der Waals surface area contributed by atoms with Crippen LogP contribution in [0, 0.1) is 0 Å². The summed E-state index contributed by atoms with van der Waals surface area (Å²) in [6.07, 6.45) is 3.68. The van der Waals surface area contributed by atoms with Crippen LogP contribution in [-0.2, 0) is 10.0 Å². The van der Waals surface area contributed by atoms with E-state index < -0.39 is 10.0 Å². The zero-order chi connectivity index (χ0) is 18.0. The summed E-state index contributed by atoms with van der Waals surface area (Å²) in [6.45, 7) is 5.19. The fourth-order valence-electron chi connectivity index (χ4n) is 3.28. The van der Waals surface area contributed by atoms with Crippen LogP contribution in [0.3, 0.4) is 0 Å². The van der Waals surface area contributed by atoms with Gasteiger partial charge >= 0.3 is 0 Å². The minimum absolute atomic E-state index is 0.0516. The lowest BCUT2D eigenvalue weighted by Gasteiger charge is -2.36. The highest BCUT2D eigenvalue weighted by molar-refractivity contribution is 7.89. The van der Waals surface area contributed by atoms with Gasteiger partial charge in [-0.2, -0.15) is 0 Å². The third kappa shape index (κ3) is 4.40. The number of hydrogen-bond donors (Lipinski definition) is 1. The number of rotatable bonds is 6. The zero-order valence-corrected chi connectivity index (χ0v) is 15.8. The van der Waals surface area contributed by atoms with Gasteiger partial charge in [-0.15, -0.1) is 0 Å². The Morgan fingerprint density at radius 1 is 1.24 bits per heavy atom. The first kappa shape index (κ1) is 18.4. The molecule has 0 radical (unpaired) electrons. The molecule has 1 aromatic rings. The number of benzene rings is 1. The van der Waals surface area contributed by atoms with Crippen molar-refractivity contribution in [3.63, 3.8) is 0 Å². The van der Waals surface area contributed by atoms with Gasteiger partial charge in [0, 0.05) is 37.8 Å². The van der Waals surface area contributed by atoms with Crippen LogP contribution in [0.5, 0.6) is 0 Å². The Bertz CT molecular complexity index is 723. The van der Waals surface area contributed by atoms with Gasteiger partial charge in [0.15, 0.2) is 0 Å². The molecule has 0 aromatic heterocycles. The van der Waals surface area contributed by atoms with Gasteiger partial charge in [0.2, 0.25) is 10.0 Å². The molecule has 1 heterocycles. The van der Waals surface area contributed by atoms with Crippen molar-refractivity contribution in [2.24, 2.45) is 0 Å². The summed E-state index contributed by atoms with van der Waals surface area (Å²) >= 11 is 0. The van der Waals surface area contributed by atoms with E-state index in [1.807, 2.05) is 7.05 Å². The normalized spacial score (nSPS) is 19.8. The Labute approximate surface area is 150 Å². The molecule has 1 amide bonds. The molecule has 138 valence electrons. The van der Waals surface area contributed by atoms with Crippen LogP contribution in [-0.4, -0.2) is 62.9 Å². The molecule has 1 N–H and O–H groups in total. The van der Waals surface area contributed by atoms with Gasteiger partial charge < -0.3 is 9.80 Å². The van der Waals surface area contributed by atoms with E-state index in [2.05, 4.69) is 16.5 Å². The number of hydrogen-bond acceptors (Lipinski definition) is 4. The maximum Gasteiger partial charge on any atom is 0.253 e. The van der Waals surface area contributed by atoms with Crippen molar-refractivity contribution in [3.8, 4) is 0 Å². The molecule has 25 heavy (non-hydrogen) atoms. The lowest BCUT2D eigenvalue weighted by molar-refractivity contribution is 0.0646. The van der Waals surface area contributed by atoms with E-state index in [0.717, 1.165) is 45.3 Å². The quantitative estimate of drug-likeness (QED) is 0.833. The van der Waals surface area contributed by atoms with Crippen molar-refractivity contribution >= 4 is 15.9 Å². The van der Waals surface area contributed by atoms with Gasteiger partial charge in [-0.3, -0.25) is 4.79 Å². The summed E-state index contributed by atoms with van der Waals surface area (Å²) in [7, 11) is -1.72. The van der Waals surface area contributed by atoms with Gasteiger partial charge in [-0.1, -0.05) is 13.0 Å². The molecule has 1 aliphatic heterocycles. The summed E-state index contributed by atoms with van der Waals surface area (Å²) < 4.78 is 27.4. The molecule has 7 heteroatoms. The third-order valence-corrected chi connectivity index (χ3v) is 6.68. The van der Waals surface area contributed by atoms with Gasteiger partial charge in [-0.25, -0.2) is 13.1 Å². The summed E-state index contributed by atoms with van der Waals surface area (Å²) in [5.41, 5.74) is 0.430. The molecular weight excluding hydrogens is 338 g/mol. The van der Waals surface area contributed by atoms with Crippen LogP contribution < -0.4 is 4.72 Å². The number of piperidine rings is 1. The summed E-state index contributed by atoms with van der Waals surface area (Å²) in [5, 5.41) is 0. The number of nitrogens with one attached hydrogen (secondary N) is 1. The topological polar surface area (TPSA) is 69.7 Å². The minimum atomic E-state index is -3.54. The van der Waals surface area contributed by atoms with Crippen LogP contribution in [0.1, 0.15) is 43.0 Å². The second-order valence-corrected chi connectivity index (χ2v) is 8.72. The number of carbonyl (C=O) groups is 1. The number of sulfonamides is 1. The predicted molar refractivity (Wildman–Crippen MR) is 97.0 cm³/mol. The van der Waals surface area contributed by atoms with Gasteiger partial charge in [0.05, 0.1) is 4.90 Å². The minimum Gasteiger partial charge on any atom is -0.339 e. The molecule has 2 aliphatic rings. The van der Waals surface area contributed by atoms with Crippen molar-refractivity contribution < 1.29 is 13.2 Å². The summed E-state index contributed by atoms with van der Waals surface area (Å²) in [5.74, 6) is -0.113. The van der Waals surface area contributed by atoms with E-state index in [-0.39, 0.29) is 22.9 Å². The first-order valence-electron chi connectivity index (χ1n) is 9.02. The Hall–Kier alpha value is -1.44. The number of amides is 1. The molecule has 0 bridgehead atoms. The van der Waals surface area contributed by atoms with E-state index >= 15 is 0 Å². The van der Waals surface area contributed by atoms with E-state index in [0.29, 0.717) is 5.56 Å². The highest BCUT2D eigenvalue weighted by atomic mass is 32.2. The lowest BCUT2D eigenvalue weighted by atomic mass is 10.0. The van der Waals surface area contributed by atoms with Gasteiger partial charge in [0.25, 0.3) is 5.91 Å². The molecule has 3 rings (SSSR count). The Morgan fingerprint density at radius 3 is 2.52 bits per heavy atom. The zero-order valence-electron chi connectivity index (χ0n) is 14.9. The molecule has 1 aromatic carbocycles. The maximum atomic E-state index is 12.8. The number of nitrogens with zero attached hydrogens (tertiary/aromatic N) is 2. The fourth-order valence-corrected chi connectivity index (χ4v) is 4.63.